The van der Waals surface area contributed by atoms with E-state index in [1.54, 1.807) is 20.4 Å². The van der Waals surface area contributed by atoms with Gasteiger partial charge >= 0.3 is 0 Å². The molecule has 1 aromatic rings. The molecule has 1 fully saturated rings. The molecule has 0 spiro atoms. The number of ether oxygens (including phenoxy) is 2. The first-order valence-electron chi connectivity index (χ1n) is 8.03. The van der Waals surface area contributed by atoms with Gasteiger partial charge in [0, 0.05) is 25.8 Å². The highest BCUT2D eigenvalue weighted by atomic mass is 16.5. The summed E-state index contributed by atoms with van der Waals surface area (Å²) in [5.41, 5.74) is 1.18. The Kier molecular flexibility index (Phi) is 6.50. The summed E-state index contributed by atoms with van der Waals surface area (Å²) in [6.45, 7) is 2.27. The molecule has 1 amide bonds. The highest BCUT2D eigenvalue weighted by Gasteiger charge is 2.13. The Balaban J connectivity index is 1.88. The molecule has 1 aliphatic rings. The van der Waals surface area contributed by atoms with Gasteiger partial charge in [-0.15, -0.1) is 0 Å². The van der Waals surface area contributed by atoms with Crippen LogP contribution in [-0.2, 0) is 11.2 Å². The number of likely N-dealkylation sites (tertiary alicyclic amines) is 1. The van der Waals surface area contributed by atoms with Crippen LogP contribution in [0.4, 0.5) is 0 Å². The van der Waals surface area contributed by atoms with Crippen molar-refractivity contribution >= 4 is 5.91 Å². The minimum Gasteiger partial charge on any atom is -0.493 e. The molecule has 0 bridgehead atoms. The molecule has 0 saturated carbocycles. The third-order valence-electron chi connectivity index (χ3n) is 3.96. The fourth-order valence-corrected chi connectivity index (χ4v) is 2.64. The minimum atomic E-state index is -0.329. The topological polar surface area (TPSA) is 74.6 Å². The Labute approximate surface area is 142 Å². The van der Waals surface area contributed by atoms with Gasteiger partial charge in [-0.1, -0.05) is 6.07 Å². The van der Waals surface area contributed by atoms with Crippen LogP contribution in [0.3, 0.4) is 0 Å². The van der Waals surface area contributed by atoms with Crippen LogP contribution in [0.1, 0.15) is 18.4 Å². The summed E-state index contributed by atoms with van der Waals surface area (Å²) in [7, 11) is 3.18. The van der Waals surface area contributed by atoms with Gasteiger partial charge < -0.3 is 19.7 Å². The molecule has 0 radical (unpaired) electrons. The maximum Gasteiger partial charge on any atom is 0.263 e. The number of carbonyl (C=O) groups is 1. The number of nitrogens with one attached hydrogen (secondary N) is 1. The van der Waals surface area contributed by atoms with Gasteiger partial charge in [-0.25, -0.2) is 0 Å². The summed E-state index contributed by atoms with van der Waals surface area (Å²) in [5, 5.41) is 12.0. The Bertz CT molecular complexity index is 643. The number of carbonyl (C=O) groups excluding carboxylic acids is 1. The van der Waals surface area contributed by atoms with Gasteiger partial charge in [-0.2, -0.15) is 5.26 Å². The van der Waals surface area contributed by atoms with Crippen LogP contribution < -0.4 is 14.8 Å². The first-order chi connectivity index (χ1) is 11.7. The van der Waals surface area contributed by atoms with Crippen molar-refractivity contribution in [2.75, 3.05) is 33.9 Å². The van der Waals surface area contributed by atoms with Crippen LogP contribution in [0.25, 0.3) is 0 Å². The molecule has 1 heterocycles. The fourth-order valence-electron chi connectivity index (χ4n) is 2.64. The maximum atomic E-state index is 12.1. The van der Waals surface area contributed by atoms with Crippen molar-refractivity contribution in [3.8, 4) is 17.6 Å². The predicted molar refractivity (Wildman–Crippen MR) is 90.8 cm³/mol. The van der Waals surface area contributed by atoms with Crippen molar-refractivity contribution in [3.63, 3.8) is 0 Å². The lowest BCUT2D eigenvalue weighted by molar-refractivity contribution is -0.117. The highest BCUT2D eigenvalue weighted by Crippen LogP contribution is 2.27. The van der Waals surface area contributed by atoms with E-state index in [-0.39, 0.29) is 11.5 Å². The lowest BCUT2D eigenvalue weighted by atomic mass is 10.1. The van der Waals surface area contributed by atoms with Gasteiger partial charge in [0.2, 0.25) is 0 Å². The molecule has 0 atom stereocenters. The zero-order valence-corrected chi connectivity index (χ0v) is 14.2. The number of rotatable bonds is 7. The number of amides is 1. The monoisotopic (exact) mass is 329 g/mol. The molecule has 2 rings (SSSR count). The summed E-state index contributed by atoms with van der Waals surface area (Å²) in [6.07, 6.45) is 4.53. The number of hydrogen-bond donors (Lipinski definition) is 1. The fraction of sp³-hybridized carbons (Fsp3) is 0.444. The average molecular weight is 329 g/mol. The average Bonchev–Trinajstić information content (AvgIpc) is 3.12. The largest absolute Gasteiger partial charge is 0.493 e. The number of benzene rings is 1. The predicted octanol–water partition coefficient (Wildman–Crippen LogP) is 1.87. The number of nitriles is 1. The van der Waals surface area contributed by atoms with E-state index in [0.717, 1.165) is 31.5 Å². The van der Waals surface area contributed by atoms with Crippen LogP contribution in [0, 0.1) is 11.3 Å². The molecule has 24 heavy (non-hydrogen) atoms. The lowest BCUT2D eigenvalue weighted by Crippen LogP contribution is -2.28. The summed E-state index contributed by atoms with van der Waals surface area (Å²) < 4.78 is 10.5. The van der Waals surface area contributed by atoms with E-state index < -0.39 is 0 Å². The van der Waals surface area contributed by atoms with Crippen molar-refractivity contribution in [1.29, 1.82) is 5.26 Å². The molecule has 1 aromatic carbocycles. The third-order valence-corrected chi connectivity index (χ3v) is 3.96. The van der Waals surface area contributed by atoms with Gasteiger partial charge in [0.1, 0.15) is 11.6 Å². The van der Waals surface area contributed by atoms with Gasteiger partial charge in [-0.05, 0) is 37.0 Å². The first kappa shape index (κ1) is 17.7. The Morgan fingerprint density at radius 2 is 2.00 bits per heavy atom. The van der Waals surface area contributed by atoms with Crippen molar-refractivity contribution in [3.05, 3.63) is 35.5 Å². The second-order valence-corrected chi connectivity index (χ2v) is 5.59. The quantitative estimate of drug-likeness (QED) is 0.610. The molecule has 1 aliphatic heterocycles. The van der Waals surface area contributed by atoms with Gasteiger partial charge in [0.15, 0.2) is 11.5 Å². The SMILES string of the molecule is COc1ccc(CCNC(=O)/C(C#N)=C\N2CCCC2)cc1OC. The zero-order valence-electron chi connectivity index (χ0n) is 14.2. The minimum absolute atomic E-state index is 0.157. The first-order valence-corrected chi connectivity index (χ1v) is 8.03. The summed E-state index contributed by atoms with van der Waals surface area (Å²) in [6, 6.07) is 7.63. The van der Waals surface area contributed by atoms with E-state index in [4.69, 9.17) is 14.7 Å². The van der Waals surface area contributed by atoms with E-state index in [2.05, 4.69) is 5.32 Å². The molecule has 1 N–H and O–H groups in total. The molecule has 1 saturated heterocycles. The Hall–Kier alpha value is -2.68. The summed E-state index contributed by atoms with van der Waals surface area (Å²) >= 11 is 0. The second-order valence-electron chi connectivity index (χ2n) is 5.59. The Morgan fingerprint density at radius 3 is 2.62 bits per heavy atom. The van der Waals surface area contributed by atoms with E-state index in [1.165, 1.54) is 0 Å². The number of methoxy groups -OCH3 is 2. The summed E-state index contributed by atoms with van der Waals surface area (Å²) in [5.74, 6) is 1.00. The molecule has 6 nitrogen and oxygen atoms in total. The molecular formula is C18H23N3O3. The van der Waals surface area contributed by atoms with Crippen molar-refractivity contribution < 1.29 is 14.3 Å². The normalized spacial score (nSPS) is 14.2. The van der Waals surface area contributed by atoms with Gasteiger partial charge in [0.25, 0.3) is 5.91 Å². The van der Waals surface area contributed by atoms with Gasteiger partial charge in [-0.3, -0.25) is 4.79 Å². The van der Waals surface area contributed by atoms with Crippen molar-refractivity contribution in [1.82, 2.24) is 10.2 Å². The van der Waals surface area contributed by atoms with E-state index >= 15 is 0 Å². The molecular weight excluding hydrogens is 306 g/mol. The smallest absolute Gasteiger partial charge is 0.263 e. The van der Waals surface area contributed by atoms with Crippen LogP contribution in [0.2, 0.25) is 0 Å². The molecule has 6 heteroatoms. The number of hydrogen-bond acceptors (Lipinski definition) is 5. The third kappa shape index (κ3) is 4.66. The number of nitrogens with zero attached hydrogens (tertiary/aromatic N) is 2. The van der Waals surface area contributed by atoms with E-state index in [1.807, 2.05) is 29.2 Å². The molecule has 128 valence electrons. The standard InChI is InChI=1S/C18H23N3O3/c1-23-16-6-5-14(11-17(16)24-2)7-8-20-18(22)15(12-19)13-21-9-3-4-10-21/h5-6,11,13H,3-4,7-10H2,1-2H3,(H,20,22)/b15-13-. The van der Waals surface area contributed by atoms with E-state index in [0.29, 0.717) is 24.5 Å². The second kappa shape index (κ2) is 8.82. The van der Waals surface area contributed by atoms with Gasteiger partial charge in [0.05, 0.1) is 14.2 Å². The van der Waals surface area contributed by atoms with Crippen molar-refractivity contribution in [2.45, 2.75) is 19.3 Å². The molecule has 0 unspecified atom stereocenters. The van der Waals surface area contributed by atoms with Crippen LogP contribution in [0.15, 0.2) is 30.0 Å². The lowest BCUT2D eigenvalue weighted by Gasteiger charge is -2.12. The van der Waals surface area contributed by atoms with Crippen LogP contribution in [-0.4, -0.2) is 44.7 Å². The van der Waals surface area contributed by atoms with Crippen LogP contribution >= 0.6 is 0 Å². The summed E-state index contributed by atoms with van der Waals surface area (Å²) in [4.78, 5) is 14.1. The van der Waals surface area contributed by atoms with Crippen LogP contribution in [0.5, 0.6) is 11.5 Å². The maximum absolute atomic E-state index is 12.1. The zero-order chi connectivity index (χ0) is 17.4. The molecule has 0 aliphatic carbocycles. The Morgan fingerprint density at radius 1 is 1.29 bits per heavy atom. The van der Waals surface area contributed by atoms with Crippen molar-refractivity contribution in [2.24, 2.45) is 0 Å². The van der Waals surface area contributed by atoms with E-state index in [9.17, 15) is 4.79 Å². The highest BCUT2D eigenvalue weighted by molar-refractivity contribution is 5.97. The molecule has 0 aromatic heterocycles.